The van der Waals surface area contributed by atoms with Gasteiger partial charge in [0.2, 0.25) is 0 Å². The van der Waals surface area contributed by atoms with E-state index in [0.717, 1.165) is 38.3 Å². The van der Waals surface area contributed by atoms with Crippen LogP contribution in [-0.4, -0.2) is 19.8 Å². The summed E-state index contributed by atoms with van der Waals surface area (Å²) >= 11 is 0. The molecule has 3 nitrogen and oxygen atoms in total. The molecule has 0 saturated carbocycles. The van der Waals surface area contributed by atoms with Crippen LogP contribution in [0.5, 0.6) is 0 Å². The molecule has 0 unspecified atom stereocenters. The second-order valence-electron chi connectivity index (χ2n) is 3.90. The van der Waals surface area contributed by atoms with Crippen LogP contribution >= 0.6 is 0 Å². The Balaban J connectivity index is 2.16. The van der Waals surface area contributed by atoms with Gasteiger partial charge in [0.15, 0.2) is 0 Å². The third-order valence-electron chi connectivity index (χ3n) is 2.47. The fourth-order valence-corrected chi connectivity index (χ4v) is 1.48. The van der Waals surface area contributed by atoms with Crippen LogP contribution in [0.1, 0.15) is 31.7 Å². The van der Waals surface area contributed by atoms with Crippen LogP contribution in [0.3, 0.4) is 0 Å². The third-order valence-corrected chi connectivity index (χ3v) is 2.47. The second-order valence-corrected chi connectivity index (χ2v) is 3.90. The highest BCUT2D eigenvalue weighted by molar-refractivity contribution is 5.56. The molecule has 0 bridgehead atoms. The van der Waals surface area contributed by atoms with Crippen LogP contribution in [0, 0.1) is 11.3 Å². The molecule has 92 valence electrons. The van der Waals surface area contributed by atoms with Gasteiger partial charge in [0.25, 0.3) is 0 Å². The van der Waals surface area contributed by atoms with Crippen molar-refractivity contribution in [2.24, 2.45) is 0 Å². The quantitative estimate of drug-likeness (QED) is 0.700. The topological polar surface area (TPSA) is 45.0 Å². The largest absolute Gasteiger partial charge is 0.384 e. The van der Waals surface area contributed by atoms with E-state index >= 15 is 0 Å². The first-order valence-corrected chi connectivity index (χ1v) is 6.19. The van der Waals surface area contributed by atoms with Gasteiger partial charge in [-0.1, -0.05) is 25.5 Å². The standard InChI is InChI=1S/C14H20N2O/c1-2-3-10-17-11-6-9-16-14-8-5-4-7-13(14)12-15/h4-5,7-8,16H,2-3,6,9-11H2,1H3. The third kappa shape index (κ3) is 5.37. The fraction of sp³-hybridized carbons (Fsp3) is 0.500. The van der Waals surface area contributed by atoms with Gasteiger partial charge in [0, 0.05) is 19.8 Å². The Labute approximate surface area is 103 Å². The summed E-state index contributed by atoms with van der Waals surface area (Å²) in [4.78, 5) is 0. The molecule has 0 aliphatic rings. The molecule has 17 heavy (non-hydrogen) atoms. The Hall–Kier alpha value is -1.53. The van der Waals surface area contributed by atoms with Crippen molar-refractivity contribution in [1.29, 1.82) is 5.26 Å². The molecular formula is C14H20N2O. The number of nitrogens with one attached hydrogen (secondary N) is 1. The molecule has 0 atom stereocenters. The number of nitriles is 1. The molecule has 1 N–H and O–H groups in total. The number of ether oxygens (including phenoxy) is 1. The fourth-order valence-electron chi connectivity index (χ4n) is 1.48. The lowest BCUT2D eigenvalue weighted by atomic mass is 10.2. The molecular weight excluding hydrogens is 212 g/mol. The number of hydrogen-bond donors (Lipinski definition) is 1. The Kier molecular flexibility index (Phi) is 6.85. The molecule has 1 aromatic rings. The highest BCUT2D eigenvalue weighted by Crippen LogP contribution is 2.12. The van der Waals surface area contributed by atoms with E-state index in [1.165, 1.54) is 6.42 Å². The SMILES string of the molecule is CCCCOCCCNc1ccccc1C#N. The number of anilines is 1. The molecule has 0 aliphatic heterocycles. The molecule has 0 spiro atoms. The molecule has 0 saturated heterocycles. The minimum atomic E-state index is 0.694. The van der Waals surface area contributed by atoms with Gasteiger partial charge in [-0.05, 0) is 25.0 Å². The van der Waals surface area contributed by atoms with Crippen molar-refractivity contribution in [2.45, 2.75) is 26.2 Å². The van der Waals surface area contributed by atoms with Crippen LogP contribution < -0.4 is 5.32 Å². The van der Waals surface area contributed by atoms with Crippen molar-refractivity contribution >= 4 is 5.69 Å². The number of unbranched alkanes of at least 4 members (excludes halogenated alkanes) is 1. The predicted octanol–water partition coefficient (Wildman–Crippen LogP) is 3.18. The van der Waals surface area contributed by atoms with Gasteiger partial charge in [0.1, 0.15) is 6.07 Å². The first-order valence-electron chi connectivity index (χ1n) is 6.19. The molecule has 3 heteroatoms. The number of benzene rings is 1. The van der Waals surface area contributed by atoms with Gasteiger partial charge in [-0.15, -0.1) is 0 Å². The molecule has 0 amide bonds. The average Bonchev–Trinajstić information content (AvgIpc) is 2.38. The summed E-state index contributed by atoms with van der Waals surface area (Å²) in [5.41, 5.74) is 1.60. The smallest absolute Gasteiger partial charge is 0.101 e. The first-order chi connectivity index (χ1) is 8.38. The minimum Gasteiger partial charge on any atom is -0.384 e. The first kappa shape index (κ1) is 13.5. The molecule has 1 rings (SSSR count). The second kappa shape index (κ2) is 8.60. The number of hydrogen-bond acceptors (Lipinski definition) is 3. The van der Waals surface area contributed by atoms with Crippen molar-refractivity contribution in [1.82, 2.24) is 0 Å². The van der Waals surface area contributed by atoms with E-state index in [4.69, 9.17) is 10.00 Å². The minimum absolute atomic E-state index is 0.694. The van der Waals surface area contributed by atoms with Gasteiger partial charge < -0.3 is 10.1 Å². The summed E-state index contributed by atoms with van der Waals surface area (Å²) in [6, 6.07) is 9.72. The van der Waals surface area contributed by atoms with E-state index in [-0.39, 0.29) is 0 Å². The molecule has 0 heterocycles. The molecule has 0 radical (unpaired) electrons. The molecule has 1 aromatic carbocycles. The predicted molar refractivity (Wildman–Crippen MR) is 70.0 cm³/mol. The van der Waals surface area contributed by atoms with E-state index in [9.17, 15) is 0 Å². The molecule has 0 aromatic heterocycles. The normalized spacial score (nSPS) is 9.88. The Morgan fingerprint density at radius 3 is 2.76 bits per heavy atom. The highest BCUT2D eigenvalue weighted by Gasteiger charge is 1.98. The van der Waals surface area contributed by atoms with Crippen LogP contribution in [-0.2, 0) is 4.74 Å². The Morgan fingerprint density at radius 2 is 2.00 bits per heavy atom. The van der Waals surface area contributed by atoms with E-state index in [0.29, 0.717) is 5.56 Å². The zero-order valence-corrected chi connectivity index (χ0v) is 10.4. The van der Waals surface area contributed by atoms with Crippen molar-refractivity contribution < 1.29 is 4.74 Å². The maximum atomic E-state index is 8.90. The lowest BCUT2D eigenvalue weighted by Gasteiger charge is -2.08. The number of nitrogens with zero attached hydrogens (tertiary/aromatic N) is 1. The highest BCUT2D eigenvalue weighted by atomic mass is 16.5. The number of para-hydroxylation sites is 1. The molecule has 0 fully saturated rings. The van der Waals surface area contributed by atoms with E-state index < -0.39 is 0 Å². The van der Waals surface area contributed by atoms with Gasteiger partial charge in [0.05, 0.1) is 11.3 Å². The summed E-state index contributed by atoms with van der Waals surface area (Å²) in [5, 5.41) is 12.2. The van der Waals surface area contributed by atoms with Crippen LogP contribution in [0.2, 0.25) is 0 Å². The van der Waals surface area contributed by atoms with E-state index in [1.807, 2.05) is 24.3 Å². The van der Waals surface area contributed by atoms with Gasteiger partial charge in [-0.2, -0.15) is 5.26 Å². The summed E-state index contributed by atoms with van der Waals surface area (Å²) < 4.78 is 5.46. The van der Waals surface area contributed by atoms with Crippen LogP contribution in [0.4, 0.5) is 5.69 Å². The average molecular weight is 232 g/mol. The van der Waals surface area contributed by atoms with Crippen molar-refractivity contribution in [3.05, 3.63) is 29.8 Å². The lowest BCUT2D eigenvalue weighted by molar-refractivity contribution is 0.131. The van der Waals surface area contributed by atoms with E-state index in [2.05, 4.69) is 18.3 Å². The van der Waals surface area contributed by atoms with Crippen LogP contribution in [0.15, 0.2) is 24.3 Å². The summed E-state index contributed by atoms with van der Waals surface area (Å²) in [7, 11) is 0. The van der Waals surface area contributed by atoms with Crippen molar-refractivity contribution in [3.8, 4) is 6.07 Å². The van der Waals surface area contributed by atoms with Gasteiger partial charge >= 0.3 is 0 Å². The Morgan fingerprint density at radius 1 is 1.24 bits per heavy atom. The van der Waals surface area contributed by atoms with Crippen molar-refractivity contribution in [2.75, 3.05) is 25.1 Å². The Bertz CT molecular complexity index is 357. The summed E-state index contributed by atoms with van der Waals surface area (Å²) in [6.45, 7) is 4.63. The zero-order valence-electron chi connectivity index (χ0n) is 10.4. The maximum Gasteiger partial charge on any atom is 0.101 e. The number of rotatable bonds is 8. The summed E-state index contributed by atoms with van der Waals surface area (Å²) in [6.07, 6.45) is 3.27. The van der Waals surface area contributed by atoms with E-state index in [1.54, 1.807) is 0 Å². The maximum absolute atomic E-state index is 8.90. The van der Waals surface area contributed by atoms with Gasteiger partial charge in [-0.3, -0.25) is 0 Å². The monoisotopic (exact) mass is 232 g/mol. The van der Waals surface area contributed by atoms with Crippen LogP contribution in [0.25, 0.3) is 0 Å². The molecule has 0 aliphatic carbocycles. The summed E-state index contributed by atoms with van der Waals surface area (Å²) in [5.74, 6) is 0. The zero-order chi connectivity index (χ0) is 12.3. The van der Waals surface area contributed by atoms with Gasteiger partial charge in [-0.25, -0.2) is 0 Å². The van der Waals surface area contributed by atoms with Crippen molar-refractivity contribution in [3.63, 3.8) is 0 Å². The lowest BCUT2D eigenvalue weighted by Crippen LogP contribution is -2.07.